The summed E-state index contributed by atoms with van der Waals surface area (Å²) >= 11 is 0. The van der Waals surface area contributed by atoms with E-state index in [0.29, 0.717) is 0 Å². The Morgan fingerprint density at radius 1 is 0.640 bits per heavy atom. The topological polar surface area (TPSA) is 3.24 Å². The molecule has 0 N–H and O–H groups in total. The largest absolute Gasteiger partial charge is 0.331 e. The zero-order valence-corrected chi connectivity index (χ0v) is 18.8. The first-order valence-corrected chi connectivity index (χ1v) is 11.4. The van der Waals surface area contributed by atoms with Crippen molar-refractivity contribution in [1.29, 1.82) is 0 Å². The highest BCUT2D eigenvalue weighted by atomic mass is 15.3. The molecule has 0 aliphatic rings. The Bertz CT molecular complexity index is 268. The van der Waals surface area contributed by atoms with Crippen LogP contribution in [0.1, 0.15) is 97.8 Å². The summed E-state index contributed by atoms with van der Waals surface area (Å²) in [6.07, 6.45) is 17.1. The Balaban J connectivity index is 3.65. The van der Waals surface area contributed by atoms with Crippen LogP contribution in [0, 0.1) is 5.92 Å². The molecule has 2 nitrogen and oxygen atoms in total. The Hall–Kier alpha value is -0.0800. The summed E-state index contributed by atoms with van der Waals surface area (Å²) in [5, 5.41) is 0. The van der Waals surface area contributed by atoms with Crippen LogP contribution < -0.4 is 0 Å². The molecule has 0 saturated heterocycles. The molecule has 0 spiro atoms. The van der Waals surface area contributed by atoms with Crippen molar-refractivity contribution in [2.24, 2.45) is 5.92 Å². The third-order valence-electron chi connectivity index (χ3n) is 5.00. The van der Waals surface area contributed by atoms with Crippen LogP contribution in [0.25, 0.3) is 0 Å². The number of hydrogen-bond acceptors (Lipinski definition) is 1. The second-order valence-corrected chi connectivity index (χ2v) is 9.60. The van der Waals surface area contributed by atoms with E-state index in [4.69, 9.17) is 0 Å². The Labute approximate surface area is 160 Å². The Morgan fingerprint density at radius 3 is 1.52 bits per heavy atom. The number of quaternary nitrogens is 1. The average Bonchev–Trinajstić information content (AvgIpc) is 2.51. The molecule has 0 rings (SSSR count). The fourth-order valence-electron chi connectivity index (χ4n) is 3.56. The molecule has 152 valence electrons. The maximum atomic E-state index is 2.73. The van der Waals surface area contributed by atoms with E-state index in [1.807, 2.05) is 0 Å². The first-order chi connectivity index (χ1) is 11.8. The molecule has 0 aliphatic carbocycles. The fraction of sp³-hybridized carbons (Fsp3) is 1.00. The lowest BCUT2D eigenvalue weighted by Crippen LogP contribution is -2.36. The van der Waals surface area contributed by atoms with Crippen LogP contribution in [0.15, 0.2) is 0 Å². The van der Waals surface area contributed by atoms with Crippen LogP contribution in [0.2, 0.25) is 0 Å². The molecule has 25 heavy (non-hydrogen) atoms. The highest BCUT2D eigenvalue weighted by molar-refractivity contribution is 4.61. The Morgan fingerprint density at radius 2 is 1.08 bits per heavy atom. The van der Waals surface area contributed by atoms with E-state index in [2.05, 4.69) is 46.8 Å². The second-order valence-electron chi connectivity index (χ2n) is 9.60. The summed E-state index contributed by atoms with van der Waals surface area (Å²) in [5.41, 5.74) is 0. The van der Waals surface area contributed by atoms with Gasteiger partial charge in [0.25, 0.3) is 0 Å². The van der Waals surface area contributed by atoms with E-state index in [1.165, 1.54) is 103 Å². The van der Waals surface area contributed by atoms with Gasteiger partial charge in [0.1, 0.15) is 0 Å². The van der Waals surface area contributed by atoms with Crippen LogP contribution in [0.4, 0.5) is 0 Å². The molecule has 0 aromatic rings. The summed E-state index contributed by atoms with van der Waals surface area (Å²) < 4.78 is 1.10. The monoisotopic (exact) mass is 355 g/mol. The van der Waals surface area contributed by atoms with E-state index in [0.717, 1.165) is 10.4 Å². The van der Waals surface area contributed by atoms with Gasteiger partial charge in [-0.1, -0.05) is 78.6 Å². The highest BCUT2D eigenvalue weighted by Crippen LogP contribution is 2.11. The number of unbranched alkanes of at least 4 members (excludes halogenated alkanes) is 10. The van der Waals surface area contributed by atoms with Gasteiger partial charge >= 0.3 is 0 Å². The molecular formula is C23H51N2+. The minimum absolute atomic E-state index is 0.793. The first-order valence-electron chi connectivity index (χ1n) is 11.4. The summed E-state index contributed by atoms with van der Waals surface area (Å²) in [6.45, 7) is 12.2. The van der Waals surface area contributed by atoms with Gasteiger partial charge in [-0.2, -0.15) is 0 Å². The minimum atomic E-state index is 0.793. The van der Waals surface area contributed by atoms with E-state index in [-0.39, 0.29) is 0 Å². The van der Waals surface area contributed by atoms with Gasteiger partial charge in [0.2, 0.25) is 0 Å². The molecule has 0 bridgehead atoms. The summed E-state index contributed by atoms with van der Waals surface area (Å²) in [4.78, 5) is 2.73. The molecular weight excluding hydrogens is 304 g/mol. The van der Waals surface area contributed by atoms with E-state index in [1.54, 1.807) is 0 Å². The van der Waals surface area contributed by atoms with Crippen molar-refractivity contribution in [2.45, 2.75) is 97.8 Å². The quantitative estimate of drug-likeness (QED) is 0.204. The van der Waals surface area contributed by atoms with Crippen molar-refractivity contribution in [1.82, 2.24) is 4.90 Å². The van der Waals surface area contributed by atoms with Gasteiger partial charge in [-0.25, -0.2) is 0 Å². The molecule has 0 unspecified atom stereocenters. The Kier molecular flexibility index (Phi) is 16.1. The van der Waals surface area contributed by atoms with Gasteiger partial charge in [-0.15, -0.1) is 0 Å². The summed E-state index contributed by atoms with van der Waals surface area (Å²) in [6, 6.07) is 0. The van der Waals surface area contributed by atoms with Gasteiger partial charge in [0, 0.05) is 6.54 Å². The molecule has 0 aliphatic heterocycles. The summed E-state index contributed by atoms with van der Waals surface area (Å²) in [7, 11) is 6.90. The van der Waals surface area contributed by atoms with Crippen molar-refractivity contribution in [3.63, 3.8) is 0 Å². The lowest BCUT2D eigenvalue weighted by Gasteiger charge is -2.26. The van der Waals surface area contributed by atoms with Crippen molar-refractivity contribution in [3.05, 3.63) is 0 Å². The van der Waals surface area contributed by atoms with Crippen LogP contribution in [0.3, 0.4) is 0 Å². The van der Waals surface area contributed by atoms with E-state index >= 15 is 0 Å². The lowest BCUT2D eigenvalue weighted by molar-refractivity contribution is -0.870. The normalized spacial score (nSPS) is 12.5. The third kappa shape index (κ3) is 20.1. The molecule has 0 amide bonds. The predicted octanol–water partition coefficient (Wildman–Crippen LogP) is 6.35. The van der Waals surface area contributed by atoms with Crippen LogP contribution in [-0.2, 0) is 0 Å². The van der Waals surface area contributed by atoms with Crippen molar-refractivity contribution >= 4 is 0 Å². The molecule has 0 atom stereocenters. The first kappa shape index (κ1) is 24.9. The standard InChI is InChI=1S/C23H51N2/c1-7-8-9-10-11-12-13-14-15-16-19-24(22-23(2)3)20-17-18-21-25(4,5)6/h23H,7-22H2,1-6H3/q+1. The highest BCUT2D eigenvalue weighted by Gasteiger charge is 2.09. The zero-order valence-electron chi connectivity index (χ0n) is 18.8. The van der Waals surface area contributed by atoms with Gasteiger partial charge in [-0.3, -0.25) is 0 Å². The molecule has 0 heterocycles. The van der Waals surface area contributed by atoms with Crippen LogP contribution >= 0.6 is 0 Å². The number of nitrogens with zero attached hydrogens (tertiary/aromatic N) is 2. The maximum Gasteiger partial charge on any atom is 0.0780 e. The molecule has 0 fully saturated rings. The third-order valence-corrected chi connectivity index (χ3v) is 5.00. The summed E-state index contributed by atoms with van der Waals surface area (Å²) in [5.74, 6) is 0.793. The average molecular weight is 356 g/mol. The zero-order chi connectivity index (χ0) is 19.0. The SMILES string of the molecule is CCCCCCCCCCCCN(CCCC[N+](C)(C)C)CC(C)C. The smallest absolute Gasteiger partial charge is 0.0780 e. The minimum Gasteiger partial charge on any atom is -0.331 e. The maximum absolute atomic E-state index is 2.73. The van der Waals surface area contributed by atoms with Gasteiger partial charge in [0.15, 0.2) is 0 Å². The lowest BCUT2D eigenvalue weighted by atomic mass is 10.1. The molecule has 0 radical (unpaired) electrons. The van der Waals surface area contributed by atoms with E-state index in [9.17, 15) is 0 Å². The number of rotatable bonds is 18. The molecule has 0 aromatic heterocycles. The predicted molar refractivity (Wildman–Crippen MR) is 115 cm³/mol. The van der Waals surface area contributed by atoms with Crippen LogP contribution in [0.5, 0.6) is 0 Å². The van der Waals surface area contributed by atoms with Gasteiger partial charge in [-0.05, 0) is 38.3 Å². The van der Waals surface area contributed by atoms with Crippen molar-refractivity contribution < 1.29 is 4.48 Å². The van der Waals surface area contributed by atoms with Gasteiger partial charge < -0.3 is 9.38 Å². The molecule has 2 heteroatoms. The van der Waals surface area contributed by atoms with Crippen LogP contribution in [-0.4, -0.2) is 56.7 Å². The number of hydrogen-bond donors (Lipinski definition) is 0. The second kappa shape index (κ2) is 16.1. The van der Waals surface area contributed by atoms with E-state index < -0.39 is 0 Å². The fourth-order valence-corrected chi connectivity index (χ4v) is 3.56. The van der Waals surface area contributed by atoms with Crippen molar-refractivity contribution in [2.75, 3.05) is 47.3 Å². The van der Waals surface area contributed by atoms with Crippen molar-refractivity contribution in [3.8, 4) is 0 Å². The molecule has 0 saturated carbocycles. The van der Waals surface area contributed by atoms with Gasteiger partial charge in [0.05, 0.1) is 27.7 Å². The molecule has 0 aromatic carbocycles.